The summed E-state index contributed by atoms with van der Waals surface area (Å²) in [7, 11) is 0. The van der Waals surface area contributed by atoms with E-state index in [4.69, 9.17) is 0 Å². The molecule has 2 aliphatic carbocycles. The Morgan fingerprint density at radius 1 is 1.38 bits per heavy atom. The Kier molecular flexibility index (Phi) is 3.47. The van der Waals surface area contributed by atoms with Crippen LogP contribution in [0.1, 0.15) is 31.9 Å². The number of anilines is 1. The van der Waals surface area contributed by atoms with Crippen molar-refractivity contribution in [1.29, 1.82) is 0 Å². The molecule has 2 bridgehead atoms. The fourth-order valence-electron chi connectivity index (χ4n) is 4.04. The van der Waals surface area contributed by atoms with Gasteiger partial charge in [-0.1, -0.05) is 0 Å². The maximum Gasteiger partial charge on any atom is 0.307 e. The number of carbonyl (C=O) groups is 2. The van der Waals surface area contributed by atoms with Crippen LogP contribution in [0.15, 0.2) is 6.20 Å². The van der Waals surface area contributed by atoms with Crippen LogP contribution in [0.2, 0.25) is 0 Å². The zero-order valence-electron chi connectivity index (χ0n) is 12.4. The molecule has 0 radical (unpaired) electrons. The fourth-order valence-corrected chi connectivity index (χ4v) is 4.04. The molecule has 1 aromatic heterocycles. The average Bonchev–Trinajstić information content (AvgIpc) is 3.12. The summed E-state index contributed by atoms with van der Waals surface area (Å²) in [5.74, 6) is -1.52. The number of aromatic nitrogens is 2. The first-order valence-electron chi connectivity index (χ1n) is 7.59. The summed E-state index contributed by atoms with van der Waals surface area (Å²) in [6.45, 7) is 4.56. The molecule has 6 nitrogen and oxygen atoms in total. The molecular formula is C15H21N3O3. The molecular weight excluding hydrogens is 270 g/mol. The monoisotopic (exact) mass is 291 g/mol. The van der Waals surface area contributed by atoms with Crippen molar-refractivity contribution in [2.45, 2.75) is 39.7 Å². The van der Waals surface area contributed by atoms with E-state index in [9.17, 15) is 14.7 Å². The van der Waals surface area contributed by atoms with Gasteiger partial charge in [0, 0.05) is 12.7 Å². The molecule has 1 aromatic rings. The number of hydrogen-bond acceptors (Lipinski definition) is 3. The van der Waals surface area contributed by atoms with Crippen LogP contribution < -0.4 is 5.32 Å². The number of carbonyl (C=O) groups excluding carboxylic acids is 1. The summed E-state index contributed by atoms with van der Waals surface area (Å²) < 4.78 is 1.76. The minimum absolute atomic E-state index is 0.159. The molecule has 0 spiro atoms. The zero-order valence-corrected chi connectivity index (χ0v) is 12.4. The van der Waals surface area contributed by atoms with E-state index in [1.807, 2.05) is 13.8 Å². The molecule has 0 aromatic carbocycles. The van der Waals surface area contributed by atoms with Gasteiger partial charge in [0.15, 0.2) is 0 Å². The minimum Gasteiger partial charge on any atom is -0.481 e. The van der Waals surface area contributed by atoms with Crippen LogP contribution in [0.3, 0.4) is 0 Å². The van der Waals surface area contributed by atoms with Crippen LogP contribution in [-0.4, -0.2) is 26.8 Å². The molecule has 114 valence electrons. The Labute approximate surface area is 123 Å². The lowest BCUT2D eigenvalue weighted by Crippen LogP contribution is -2.37. The molecule has 4 atom stereocenters. The van der Waals surface area contributed by atoms with Gasteiger partial charge in [0.2, 0.25) is 5.91 Å². The molecule has 0 aliphatic heterocycles. The third-order valence-corrected chi connectivity index (χ3v) is 5.03. The summed E-state index contributed by atoms with van der Waals surface area (Å²) in [5.41, 5.74) is 1.45. The second-order valence-electron chi connectivity index (χ2n) is 6.20. The highest BCUT2D eigenvalue weighted by atomic mass is 16.4. The Balaban J connectivity index is 1.78. The van der Waals surface area contributed by atoms with E-state index in [0.717, 1.165) is 31.5 Å². The van der Waals surface area contributed by atoms with Crippen molar-refractivity contribution in [1.82, 2.24) is 9.78 Å². The van der Waals surface area contributed by atoms with Crippen LogP contribution in [0.4, 0.5) is 5.69 Å². The lowest BCUT2D eigenvalue weighted by atomic mass is 9.78. The van der Waals surface area contributed by atoms with Gasteiger partial charge < -0.3 is 10.4 Å². The highest BCUT2D eigenvalue weighted by molar-refractivity contribution is 5.96. The molecule has 2 saturated carbocycles. The number of aryl methyl sites for hydroxylation is 2. The van der Waals surface area contributed by atoms with E-state index in [1.165, 1.54) is 0 Å². The average molecular weight is 291 g/mol. The summed E-state index contributed by atoms with van der Waals surface area (Å²) >= 11 is 0. The highest BCUT2D eigenvalue weighted by Gasteiger charge is 2.54. The van der Waals surface area contributed by atoms with Gasteiger partial charge in [0.1, 0.15) is 0 Å². The molecule has 0 saturated heterocycles. The third-order valence-electron chi connectivity index (χ3n) is 5.03. The Morgan fingerprint density at radius 2 is 2.05 bits per heavy atom. The van der Waals surface area contributed by atoms with Crippen LogP contribution in [0, 0.1) is 30.6 Å². The SMILES string of the molecule is CCn1cc(NC(=O)C2C3CCC(C3)C2C(=O)O)c(C)n1. The first-order chi connectivity index (χ1) is 10.0. The molecule has 4 unspecified atom stereocenters. The van der Waals surface area contributed by atoms with Crippen LogP contribution in [-0.2, 0) is 16.1 Å². The second kappa shape index (κ2) is 5.16. The molecule has 21 heavy (non-hydrogen) atoms. The zero-order chi connectivity index (χ0) is 15.1. The lowest BCUT2D eigenvalue weighted by Gasteiger charge is -2.26. The Hall–Kier alpha value is -1.85. The molecule has 1 amide bonds. The van der Waals surface area contributed by atoms with Gasteiger partial charge in [0.25, 0.3) is 0 Å². The van der Waals surface area contributed by atoms with Crippen molar-refractivity contribution in [3.05, 3.63) is 11.9 Å². The predicted molar refractivity (Wildman–Crippen MR) is 76.7 cm³/mol. The van der Waals surface area contributed by atoms with Crippen molar-refractivity contribution >= 4 is 17.6 Å². The van der Waals surface area contributed by atoms with Gasteiger partial charge in [-0.2, -0.15) is 5.10 Å². The van der Waals surface area contributed by atoms with Crippen molar-refractivity contribution in [3.8, 4) is 0 Å². The lowest BCUT2D eigenvalue weighted by molar-refractivity contribution is -0.148. The maximum absolute atomic E-state index is 12.6. The number of rotatable bonds is 4. The van der Waals surface area contributed by atoms with Crippen molar-refractivity contribution < 1.29 is 14.7 Å². The van der Waals surface area contributed by atoms with Gasteiger partial charge in [-0.05, 0) is 44.9 Å². The van der Waals surface area contributed by atoms with Gasteiger partial charge in [-0.15, -0.1) is 0 Å². The van der Waals surface area contributed by atoms with E-state index in [1.54, 1.807) is 10.9 Å². The van der Waals surface area contributed by atoms with Gasteiger partial charge in [-0.3, -0.25) is 14.3 Å². The maximum atomic E-state index is 12.6. The molecule has 3 rings (SSSR count). The summed E-state index contributed by atoms with van der Waals surface area (Å²) in [6, 6.07) is 0. The van der Waals surface area contributed by atoms with Gasteiger partial charge >= 0.3 is 5.97 Å². The van der Waals surface area contributed by atoms with E-state index in [2.05, 4.69) is 10.4 Å². The summed E-state index contributed by atoms with van der Waals surface area (Å²) in [4.78, 5) is 24.0. The van der Waals surface area contributed by atoms with Crippen LogP contribution in [0.25, 0.3) is 0 Å². The number of nitrogens with one attached hydrogen (secondary N) is 1. The molecule has 2 aliphatic rings. The molecule has 6 heteroatoms. The molecule has 2 fully saturated rings. The van der Waals surface area contributed by atoms with E-state index in [-0.39, 0.29) is 17.7 Å². The normalized spacial score (nSPS) is 30.6. The quantitative estimate of drug-likeness (QED) is 0.887. The third kappa shape index (κ3) is 2.32. The number of nitrogens with zero attached hydrogens (tertiary/aromatic N) is 2. The van der Waals surface area contributed by atoms with Gasteiger partial charge in [-0.25, -0.2) is 0 Å². The number of carboxylic acids is 1. The number of fused-ring (bicyclic) bond motifs is 2. The van der Waals surface area contributed by atoms with Crippen molar-refractivity contribution in [3.63, 3.8) is 0 Å². The smallest absolute Gasteiger partial charge is 0.307 e. The second-order valence-corrected chi connectivity index (χ2v) is 6.20. The summed E-state index contributed by atoms with van der Waals surface area (Å²) in [6.07, 6.45) is 4.59. The van der Waals surface area contributed by atoms with E-state index < -0.39 is 17.8 Å². The molecule has 2 N–H and O–H groups in total. The number of aliphatic carboxylic acids is 1. The number of amides is 1. The Morgan fingerprint density at radius 3 is 2.62 bits per heavy atom. The van der Waals surface area contributed by atoms with E-state index in [0.29, 0.717) is 5.69 Å². The van der Waals surface area contributed by atoms with Gasteiger partial charge in [0.05, 0.1) is 23.2 Å². The topological polar surface area (TPSA) is 84.2 Å². The standard InChI is InChI=1S/C15H21N3O3/c1-3-18-7-11(8(2)17-18)16-14(19)12-9-4-5-10(6-9)13(12)15(20)21/h7,9-10,12-13H,3-6H2,1-2H3,(H,16,19)(H,20,21). The predicted octanol–water partition coefficient (Wildman–Crippen LogP) is 1.90. The Bertz CT molecular complexity index is 581. The number of carboxylic acid groups (broad SMARTS) is 1. The van der Waals surface area contributed by atoms with Crippen molar-refractivity contribution in [2.75, 3.05) is 5.32 Å². The fraction of sp³-hybridized carbons (Fsp3) is 0.667. The van der Waals surface area contributed by atoms with E-state index >= 15 is 0 Å². The van der Waals surface area contributed by atoms with Crippen LogP contribution in [0.5, 0.6) is 0 Å². The minimum atomic E-state index is -0.830. The summed E-state index contributed by atoms with van der Waals surface area (Å²) in [5, 5.41) is 16.6. The first kappa shape index (κ1) is 14.1. The van der Waals surface area contributed by atoms with Crippen molar-refractivity contribution in [2.24, 2.45) is 23.7 Å². The molecule has 1 heterocycles. The number of hydrogen-bond donors (Lipinski definition) is 2. The highest BCUT2D eigenvalue weighted by Crippen LogP contribution is 2.52. The first-order valence-corrected chi connectivity index (χ1v) is 7.59. The van der Waals surface area contributed by atoms with Crippen LogP contribution >= 0.6 is 0 Å². The largest absolute Gasteiger partial charge is 0.481 e.